The first-order valence-corrected chi connectivity index (χ1v) is 10.4. The van der Waals surface area contributed by atoms with E-state index in [1.165, 1.54) is 12.1 Å². The van der Waals surface area contributed by atoms with Crippen molar-refractivity contribution >= 4 is 20.2 Å². The van der Waals surface area contributed by atoms with Gasteiger partial charge in [-0.2, -0.15) is 8.42 Å². The lowest BCUT2D eigenvalue weighted by atomic mass is 9.72. The van der Waals surface area contributed by atoms with Crippen LogP contribution in [0.15, 0.2) is 34.1 Å². The summed E-state index contributed by atoms with van der Waals surface area (Å²) in [5.41, 5.74) is -0.108. The first-order chi connectivity index (χ1) is 10.5. The van der Waals surface area contributed by atoms with Crippen molar-refractivity contribution in [3.8, 4) is 0 Å². The fourth-order valence-electron chi connectivity index (χ4n) is 2.78. The summed E-state index contributed by atoms with van der Waals surface area (Å²) in [6.07, 6.45) is 4.01. The molecule has 1 aliphatic carbocycles. The van der Waals surface area contributed by atoms with Gasteiger partial charge in [0.15, 0.2) is 0 Å². The Balaban J connectivity index is 2.13. The standard InChI is InChI=1S/C15H22FNO4S2/c1-12-6-8-15(2,9-7-12)11-17-23(20,21)14-5-3-4-13(10-14)22(16,18)19/h3-5,10,12,17H,6-9,11H2,1-2H3. The summed E-state index contributed by atoms with van der Waals surface area (Å²) in [6, 6.07) is 4.33. The Hall–Kier alpha value is -0.990. The SMILES string of the molecule is CC1CCC(C)(CNS(=O)(=O)c2cccc(S(=O)(=O)F)c2)CC1. The number of benzene rings is 1. The fourth-order valence-corrected chi connectivity index (χ4v) is 4.61. The highest BCUT2D eigenvalue weighted by atomic mass is 32.3. The van der Waals surface area contributed by atoms with Crippen LogP contribution in [0.4, 0.5) is 3.89 Å². The van der Waals surface area contributed by atoms with Gasteiger partial charge in [0.2, 0.25) is 10.0 Å². The van der Waals surface area contributed by atoms with Gasteiger partial charge in [-0.25, -0.2) is 13.1 Å². The Kier molecular flexibility index (Phi) is 5.18. The Labute approximate surface area is 137 Å². The van der Waals surface area contributed by atoms with Gasteiger partial charge in [0, 0.05) is 6.54 Å². The van der Waals surface area contributed by atoms with Crippen molar-refractivity contribution in [1.82, 2.24) is 4.72 Å². The molecule has 5 nitrogen and oxygen atoms in total. The molecular formula is C15H22FNO4S2. The smallest absolute Gasteiger partial charge is 0.211 e. The summed E-state index contributed by atoms with van der Waals surface area (Å²) < 4.78 is 62.1. The molecule has 0 aliphatic heterocycles. The molecule has 0 heterocycles. The molecule has 0 atom stereocenters. The van der Waals surface area contributed by atoms with Crippen LogP contribution in [0.1, 0.15) is 39.5 Å². The third-order valence-electron chi connectivity index (χ3n) is 4.57. The molecule has 130 valence electrons. The zero-order valence-corrected chi connectivity index (χ0v) is 14.9. The van der Waals surface area contributed by atoms with Gasteiger partial charge in [0.25, 0.3) is 0 Å². The van der Waals surface area contributed by atoms with Crippen LogP contribution in [0.3, 0.4) is 0 Å². The average molecular weight is 363 g/mol. The minimum atomic E-state index is -4.93. The molecule has 1 aromatic carbocycles. The van der Waals surface area contributed by atoms with Crippen molar-refractivity contribution < 1.29 is 20.7 Å². The molecule has 1 aliphatic rings. The predicted molar refractivity (Wildman–Crippen MR) is 85.7 cm³/mol. The van der Waals surface area contributed by atoms with Crippen molar-refractivity contribution in [2.75, 3.05) is 6.54 Å². The molecule has 1 aromatic rings. The Bertz CT molecular complexity index is 766. The molecular weight excluding hydrogens is 341 g/mol. The van der Waals surface area contributed by atoms with E-state index in [1.807, 2.05) is 6.92 Å². The van der Waals surface area contributed by atoms with Gasteiger partial charge < -0.3 is 0 Å². The molecule has 1 fully saturated rings. The Morgan fingerprint density at radius 2 is 1.74 bits per heavy atom. The van der Waals surface area contributed by atoms with Crippen LogP contribution in [0, 0.1) is 11.3 Å². The highest BCUT2D eigenvalue weighted by Gasteiger charge is 2.31. The van der Waals surface area contributed by atoms with Crippen LogP contribution in [0.25, 0.3) is 0 Å². The first-order valence-electron chi connectivity index (χ1n) is 7.56. The minimum absolute atomic E-state index is 0.108. The molecule has 0 amide bonds. The van der Waals surface area contributed by atoms with Crippen LogP contribution in [-0.4, -0.2) is 23.4 Å². The zero-order chi connectivity index (χ0) is 17.3. The summed E-state index contributed by atoms with van der Waals surface area (Å²) >= 11 is 0. The lowest BCUT2D eigenvalue weighted by Gasteiger charge is -2.36. The van der Waals surface area contributed by atoms with Gasteiger partial charge in [0.05, 0.1) is 9.79 Å². The molecule has 0 radical (unpaired) electrons. The second kappa shape index (κ2) is 6.49. The van der Waals surface area contributed by atoms with Crippen LogP contribution in [0.5, 0.6) is 0 Å². The molecule has 0 saturated heterocycles. The first kappa shape index (κ1) is 18.4. The van der Waals surface area contributed by atoms with E-state index in [4.69, 9.17) is 0 Å². The topological polar surface area (TPSA) is 80.3 Å². The molecule has 0 aromatic heterocycles. The lowest BCUT2D eigenvalue weighted by Crippen LogP contribution is -2.38. The number of rotatable bonds is 5. The average Bonchev–Trinajstić information content (AvgIpc) is 2.48. The molecule has 0 spiro atoms. The van der Waals surface area contributed by atoms with Crippen LogP contribution in [0.2, 0.25) is 0 Å². The van der Waals surface area contributed by atoms with Crippen LogP contribution < -0.4 is 4.72 Å². The third-order valence-corrected chi connectivity index (χ3v) is 6.78. The quantitative estimate of drug-likeness (QED) is 0.816. The van der Waals surface area contributed by atoms with E-state index in [0.29, 0.717) is 5.92 Å². The highest BCUT2D eigenvalue weighted by Crippen LogP contribution is 2.38. The second-order valence-electron chi connectivity index (χ2n) is 6.73. The van der Waals surface area contributed by atoms with Crippen molar-refractivity contribution in [1.29, 1.82) is 0 Å². The summed E-state index contributed by atoms with van der Waals surface area (Å²) in [6.45, 7) is 4.52. The molecule has 0 bridgehead atoms. The van der Waals surface area contributed by atoms with E-state index in [1.54, 1.807) is 0 Å². The largest absolute Gasteiger partial charge is 0.332 e. The lowest BCUT2D eigenvalue weighted by molar-refractivity contribution is 0.181. The van der Waals surface area contributed by atoms with E-state index in [0.717, 1.165) is 37.8 Å². The Morgan fingerprint density at radius 1 is 1.17 bits per heavy atom. The minimum Gasteiger partial charge on any atom is -0.211 e. The van der Waals surface area contributed by atoms with Gasteiger partial charge in [-0.3, -0.25) is 0 Å². The predicted octanol–water partition coefficient (Wildman–Crippen LogP) is 2.84. The maximum Gasteiger partial charge on any atom is 0.332 e. The van der Waals surface area contributed by atoms with E-state index in [9.17, 15) is 20.7 Å². The molecule has 2 rings (SSSR count). The maximum atomic E-state index is 13.0. The van der Waals surface area contributed by atoms with Crippen molar-refractivity contribution in [2.24, 2.45) is 11.3 Å². The molecule has 0 unspecified atom stereocenters. The van der Waals surface area contributed by atoms with Gasteiger partial charge >= 0.3 is 10.2 Å². The molecule has 23 heavy (non-hydrogen) atoms. The van der Waals surface area contributed by atoms with E-state index in [2.05, 4.69) is 11.6 Å². The maximum absolute atomic E-state index is 13.0. The summed E-state index contributed by atoms with van der Waals surface area (Å²) in [5, 5.41) is 0. The normalized spacial score (nSPS) is 26.1. The number of sulfonamides is 1. The number of hydrogen-bond acceptors (Lipinski definition) is 4. The summed E-state index contributed by atoms with van der Waals surface area (Å²) in [4.78, 5) is -0.901. The van der Waals surface area contributed by atoms with Crippen molar-refractivity contribution in [3.63, 3.8) is 0 Å². The number of hydrogen-bond donors (Lipinski definition) is 1. The Morgan fingerprint density at radius 3 is 2.30 bits per heavy atom. The number of halogens is 1. The second-order valence-corrected chi connectivity index (χ2v) is 9.84. The van der Waals surface area contributed by atoms with E-state index in [-0.39, 0.29) is 16.9 Å². The van der Waals surface area contributed by atoms with Gasteiger partial charge in [0.1, 0.15) is 0 Å². The zero-order valence-electron chi connectivity index (χ0n) is 13.2. The molecule has 1 N–H and O–H groups in total. The van der Waals surface area contributed by atoms with Gasteiger partial charge in [-0.05, 0) is 42.4 Å². The van der Waals surface area contributed by atoms with Crippen molar-refractivity contribution in [3.05, 3.63) is 24.3 Å². The fraction of sp³-hybridized carbons (Fsp3) is 0.600. The summed E-state index contributed by atoms with van der Waals surface area (Å²) in [7, 11) is -8.81. The van der Waals surface area contributed by atoms with Gasteiger partial charge in [-0.1, -0.05) is 32.8 Å². The van der Waals surface area contributed by atoms with E-state index < -0.39 is 25.1 Å². The van der Waals surface area contributed by atoms with Crippen LogP contribution >= 0.6 is 0 Å². The number of nitrogens with one attached hydrogen (secondary N) is 1. The summed E-state index contributed by atoms with van der Waals surface area (Å²) in [5.74, 6) is 0.658. The van der Waals surface area contributed by atoms with Crippen LogP contribution in [-0.2, 0) is 20.2 Å². The van der Waals surface area contributed by atoms with E-state index >= 15 is 0 Å². The van der Waals surface area contributed by atoms with Crippen molar-refractivity contribution in [2.45, 2.75) is 49.3 Å². The molecule has 1 saturated carbocycles. The van der Waals surface area contributed by atoms with Gasteiger partial charge in [-0.15, -0.1) is 3.89 Å². The molecule has 8 heteroatoms. The monoisotopic (exact) mass is 363 g/mol. The highest BCUT2D eigenvalue weighted by molar-refractivity contribution is 7.89. The third kappa shape index (κ3) is 4.74.